The Hall–Kier alpha value is -1.57. The first kappa shape index (κ1) is 14.5. The van der Waals surface area contributed by atoms with Gasteiger partial charge >= 0.3 is 0 Å². The number of aliphatic hydroxyl groups excluding tert-OH is 1. The summed E-state index contributed by atoms with van der Waals surface area (Å²) in [7, 11) is 3.59. The number of likely N-dealkylation sites (N-methyl/N-ethyl adjacent to an activating group) is 1. The maximum atomic E-state index is 9.79. The molecule has 0 spiro atoms. The van der Waals surface area contributed by atoms with Gasteiger partial charge < -0.3 is 14.7 Å². The van der Waals surface area contributed by atoms with Crippen molar-refractivity contribution in [3.63, 3.8) is 0 Å². The molecule has 1 N–H and O–H groups in total. The minimum absolute atomic E-state index is 0.168. The first-order valence-corrected chi connectivity index (χ1v) is 5.95. The first-order valence-electron chi connectivity index (χ1n) is 5.95. The smallest absolute Gasteiger partial charge is 0.0992 e. The predicted octanol–water partition coefficient (Wildman–Crippen LogP) is 2.08. The molecule has 1 aromatic rings. The van der Waals surface area contributed by atoms with Gasteiger partial charge in [-0.2, -0.15) is 5.26 Å². The molecule has 18 heavy (non-hydrogen) atoms. The van der Waals surface area contributed by atoms with Crippen LogP contribution in [0.3, 0.4) is 0 Å². The van der Waals surface area contributed by atoms with Crippen LogP contribution in [0.25, 0.3) is 0 Å². The van der Waals surface area contributed by atoms with Crippen molar-refractivity contribution in [3.05, 3.63) is 29.3 Å². The summed E-state index contributed by atoms with van der Waals surface area (Å²) in [6.45, 7) is 4.35. The van der Waals surface area contributed by atoms with Crippen molar-refractivity contribution in [2.75, 3.05) is 25.7 Å². The van der Waals surface area contributed by atoms with E-state index in [1.807, 2.05) is 18.9 Å². The van der Waals surface area contributed by atoms with Gasteiger partial charge in [-0.1, -0.05) is 6.07 Å². The van der Waals surface area contributed by atoms with Crippen LogP contribution in [-0.4, -0.2) is 31.9 Å². The molecule has 1 rings (SSSR count). The molecule has 0 bridgehead atoms. The molecule has 4 nitrogen and oxygen atoms in total. The fourth-order valence-electron chi connectivity index (χ4n) is 1.86. The lowest BCUT2D eigenvalue weighted by Crippen LogP contribution is -2.33. The lowest BCUT2D eigenvalue weighted by molar-refractivity contribution is 0.182. The van der Waals surface area contributed by atoms with Crippen molar-refractivity contribution in [1.82, 2.24) is 0 Å². The molecule has 0 saturated heterocycles. The predicted molar refractivity (Wildman–Crippen MR) is 71.5 cm³/mol. The summed E-state index contributed by atoms with van der Waals surface area (Å²) in [6.07, 6.45) is -0.565. The van der Waals surface area contributed by atoms with Gasteiger partial charge in [-0.25, -0.2) is 0 Å². The number of methoxy groups -OCH3 is 1. The van der Waals surface area contributed by atoms with Gasteiger partial charge in [0.15, 0.2) is 0 Å². The normalized spacial score (nSPS) is 13.8. The number of hydrogen-bond acceptors (Lipinski definition) is 4. The molecule has 0 aromatic heterocycles. The van der Waals surface area contributed by atoms with E-state index in [-0.39, 0.29) is 6.04 Å². The monoisotopic (exact) mass is 248 g/mol. The summed E-state index contributed by atoms with van der Waals surface area (Å²) >= 11 is 0. The number of ether oxygens (including phenoxy) is 1. The van der Waals surface area contributed by atoms with Crippen LogP contribution in [0.1, 0.15) is 31.1 Å². The number of nitrogens with zero attached hydrogens (tertiary/aromatic N) is 2. The summed E-state index contributed by atoms with van der Waals surface area (Å²) < 4.78 is 5.13. The van der Waals surface area contributed by atoms with Crippen LogP contribution in [0.4, 0.5) is 5.69 Å². The molecule has 2 atom stereocenters. The van der Waals surface area contributed by atoms with Crippen molar-refractivity contribution in [1.29, 1.82) is 5.26 Å². The fourth-order valence-corrected chi connectivity index (χ4v) is 1.86. The zero-order valence-electron chi connectivity index (χ0n) is 11.3. The van der Waals surface area contributed by atoms with Crippen LogP contribution in [0.15, 0.2) is 18.2 Å². The third-order valence-corrected chi connectivity index (χ3v) is 3.06. The molecule has 1 aromatic carbocycles. The summed E-state index contributed by atoms with van der Waals surface area (Å²) in [6, 6.07) is 7.61. The quantitative estimate of drug-likeness (QED) is 0.866. The highest BCUT2D eigenvalue weighted by atomic mass is 16.5. The van der Waals surface area contributed by atoms with Gasteiger partial charge in [0.25, 0.3) is 0 Å². The minimum Gasteiger partial charge on any atom is -0.389 e. The number of aliphatic hydroxyl groups is 1. The van der Waals surface area contributed by atoms with Crippen LogP contribution < -0.4 is 4.90 Å². The van der Waals surface area contributed by atoms with Gasteiger partial charge in [-0.3, -0.25) is 0 Å². The number of anilines is 1. The number of hydrogen-bond donors (Lipinski definition) is 1. The van der Waals surface area contributed by atoms with E-state index in [0.29, 0.717) is 12.2 Å². The minimum atomic E-state index is -0.565. The van der Waals surface area contributed by atoms with Gasteiger partial charge in [0.1, 0.15) is 0 Å². The van der Waals surface area contributed by atoms with Gasteiger partial charge in [0.2, 0.25) is 0 Å². The van der Waals surface area contributed by atoms with E-state index in [1.54, 1.807) is 32.2 Å². The Labute approximate surface area is 108 Å². The second-order valence-corrected chi connectivity index (χ2v) is 4.48. The van der Waals surface area contributed by atoms with E-state index in [1.165, 1.54) is 0 Å². The lowest BCUT2D eigenvalue weighted by Gasteiger charge is -2.29. The zero-order chi connectivity index (χ0) is 13.7. The fraction of sp³-hybridized carbons (Fsp3) is 0.500. The number of nitriles is 1. The molecule has 0 aliphatic heterocycles. The Bertz CT molecular complexity index is 438. The van der Waals surface area contributed by atoms with E-state index in [9.17, 15) is 5.11 Å². The van der Waals surface area contributed by atoms with Crippen LogP contribution in [0.5, 0.6) is 0 Å². The largest absolute Gasteiger partial charge is 0.389 e. The van der Waals surface area contributed by atoms with Gasteiger partial charge in [-0.15, -0.1) is 0 Å². The molecular weight excluding hydrogens is 228 g/mol. The highest BCUT2D eigenvalue weighted by Crippen LogP contribution is 2.28. The molecule has 0 heterocycles. The molecule has 0 fully saturated rings. The Balaban J connectivity index is 3.15. The van der Waals surface area contributed by atoms with Crippen LogP contribution in [0, 0.1) is 11.3 Å². The molecule has 0 amide bonds. The lowest BCUT2D eigenvalue weighted by atomic mass is 10.0. The van der Waals surface area contributed by atoms with Crippen molar-refractivity contribution in [2.45, 2.75) is 26.0 Å². The summed E-state index contributed by atoms with van der Waals surface area (Å²) in [5, 5.41) is 18.7. The molecule has 2 unspecified atom stereocenters. The maximum absolute atomic E-state index is 9.79. The standard InChI is InChI=1S/C14H20N2O2/c1-10(9-18-4)16(3)14-7-12(8-15)5-6-13(14)11(2)17/h5-7,10-11,17H,9H2,1-4H3. The number of benzene rings is 1. The molecule has 0 aliphatic carbocycles. The second-order valence-electron chi connectivity index (χ2n) is 4.48. The highest BCUT2D eigenvalue weighted by molar-refractivity contribution is 5.58. The molecule has 98 valence electrons. The Morgan fingerprint density at radius 3 is 2.61 bits per heavy atom. The third kappa shape index (κ3) is 3.22. The Morgan fingerprint density at radius 2 is 2.11 bits per heavy atom. The Kier molecular flexibility index (Phi) is 5.14. The molecule has 0 radical (unpaired) electrons. The van der Waals surface area contributed by atoms with Crippen LogP contribution >= 0.6 is 0 Å². The maximum Gasteiger partial charge on any atom is 0.0992 e. The molecular formula is C14H20N2O2. The van der Waals surface area contributed by atoms with Crippen molar-refractivity contribution >= 4 is 5.69 Å². The van der Waals surface area contributed by atoms with Crippen LogP contribution in [0.2, 0.25) is 0 Å². The molecule has 4 heteroatoms. The van der Waals surface area contributed by atoms with E-state index >= 15 is 0 Å². The molecule has 0 aliphatic rings. The topological polar surface area (TPSA) is 56.5 Å². The van der Waals surface area contributed by atoms with E-state index in [4.69, 9.17) is 10.00 Å². The first-order chi connectivity index (χ1) is 8.51. The molecule has 0 saturated carbocycles. The van der Waals surface area contributed by atoms with Gasteiger partial charge in [0, 0.05) is 31.5 Å². The van der Waals surface area contributed by atoms with Gasteiger partial charge in [-0.05, 0) is 26.0 Å². The third-order valence-electron chi connectivity index (χ3n) is 3.06. The average molecular weight is 248 g/mol. The van der Waals surface area contributed by atoms with Crippen LogP contribution in [-0.2, 0) is 4.74 Å². The van der Waals surface area contributed by atoms with Gasteiger partial charge in [0.05, 0.1) is 24.3 Å². The van der Waals surface area contributed by atoms with E-state index in [2.05, 4.69) is 6.07 Å². The Morgan fingerprint density at radius 1 is 1.44 bits per heavy atom. The average Bonchev–Trinajstić information content (AvgIpc) is 2.37. The van der Waals surface area contributed by atoms with E-state index < -0.39 is 6.10 Å². The summed E-state index contributed by atoms with van der Waals surface area (Å²) in [5.74, 6) is 0. The van der Waals surface area contributed by atoms with Crippen molar-refractivity contribution in [3.8, 4) is 6.07 Å². The number of rotatable bonds is 5. The van der Waals surface area contributed by atoms with Crippen molar-refractivity contribution < 1.29 is 9.84 Å². The SMILES string of the molecule is COCC(C)N(C)c1cc(C#N)ccc1C(C)O. The summed E-state index contributed by atoms with van der Waals surface area (Å²) in [4.78, 5) is 2.02. The second kappa shape index (κ2) is 6.39. The van der Waals surface area contributed by atoms with E-state index in [0.717, 1.165) is 11.3 Å². The van der Waals surface area contributed by atoms with Crippen molar-refractivity contribution in [2.24, 2.45) is 0 Å². The highest BCUT2D eigenvalue weighted by Gasteiger charge is 2.16. The summed E-state index contributed by atoms with van der Waals surface area (Å²) in [5.41, 5.74) is 2.28. The zero-order valence-corrected chi connectivity index (χ0v) is 11.3.